The number of nitrogens with one attached hydrogen (secondary N) is 2. The average molecular weight is 311 g/mol. The zero-order valence-corrected chi connectivity index (χ0v) is 14.0. The quantitative estimate of drug-likeness (QED) is 0.588. The van der Waals surface area contributed by atoms with Crippen LogP contribution in [0.3, 0.4) is 0 Å². The summed E-state index contributed by atoms with van der Waals surface area (Å²) >= 11 is 0. The molecule has 1 aliphatic carbocycles. The van der Waals surface area contributed by atoms with Crippen LogP contribution in [0.15, 0.2) is 0 Å². The minimum absolute atomic E-state index is 0.200. The number of hydrogen-bond acceptors (Lipinski definition) is 4. The van der Waals surface area contributed by atoms with Gasteiger partial charge in [0.25, 0.3) is 0 Å². The van der Waals surface area contributed by atoms with Gasteiger partial charge < -0.3 is 20.6 Å². The lowest BCUT2D eigenvalue weighted by Gasteiger charge is -2.32. The summed E-state index contributed by atoms with van der Waals surface area (Å²) in [5.74, 6) is 0.911. The van der Waals surface area contributed by atoms with Crippen LogP contribution in [0.25, 0.3) is 0 Å². The second-order valence-corrected chi connectivity index (χ2v) is 7.10. The molecule has 2 rings (SSSR count). The number of likely N-dealkylation sites (tertiary alicyclic amines) is 1. The summed E-state index contributed by atoms with van der Waals surface area (Å²) in [7, 11) is 0. The first-order valence-corrected chi connectivity index (χ1v) is 9.04. The van der Waals surface area contributed by atoms with Crippen LogP contribution in [0.2, 0.25) is 0 Å². The summed E-state index contributed by atoms with van der Waals surface area (Å²) in [6.07, 6.45) is 7.58. The highest BCUT2D eigenvalue weighted by atomic mass is 16.3. The van der Waals surface area contributed by atoms with E-state index in [2.05, 4.69) is 15.5 Å². The maximum atomic E-state index is 11.8. The molecule has 0 bridgehead atoms. The highest BCUT2D eigenvalue weighted by Crippen LogP contribution is 2.18. The van der Waals surface area contributed by atoms with Crippen molar-refractivity contribution in [1.29, 1.82) is 0 Å². The van der Waals surface area contributed by atoms with E-state index in [0.29, 0.717) is 18.4 Å². The number of piperidine rings is 1. The molecule has 1 aliphatic heterocycles. The van der Waals surface area contributed by atoms with Crippen LogP contribution < -0.4 is 10.6 Å². The van der Waals surface area contributed by atoms with Gasteiger partial charge in [-0.1, -0.05) is 12.8 Å². The Balaban J connectivity index is 1.48. The Labute approximate surface area is 134 Å². The fraction of sp³-hybridized carbons (Fsp3) is 0.941. The molecule has 128 valence electrons. The topological polar surface area (TPSA) is 64.6 Å². The lowest BCUT2D eigenvalue weighted by Crippen LogP contribution is -2.41. The van der Waals surface area contributed by atoms with Crippen LogP contribution in [-0.2, 0) is 4.79 Å². The predicted octanol–water partition coefficient (Wildman–Crippen LogP) is 1.12. The van der Waals surface area contributed by atoms with Gasteiger partial charge in [0.05, 0.1) is 6.10 Å². The molecule has 1 saturated heterocycles. The maximum absolute atomic E-state index is 11.8. The van der Waals surface area contributed by atoms with E-state index < -0.39 is 0 Å². The molecule has 0 aromatic heterocycles. The molecule has 1 saturated carbocycles. The second-order valence-electron chi connectivity index (χ2n) is 7.10. The first kappa shape index (κ1) is 17.7. The Morgan fingerprint density at radius 1 is 1.23 bits per heavy atom. The molecule has 1 heterocycles. The SMILES string of the molecule is C[C@H](O)CN1CCC(CNCCC(=O)NC2CCCC2)CC1. The zero-order chi connectivity index (χ0) is 15.8. The van der Waals surface area contributed by atoms with Crippen molar-refractivity contribution in [3.63, 3.8) is 0 Å². The van der Waals surface area contributed by atoms with Crippen LogP contribution in [-0.4, -0.2) is 60.8 Å². The van der Waals surface area contributed by atoms with Gasteiger partial charge in [0, 0.05) is 25.6 Å². The fourth-order valence-electron chi connectivity index (χ4n) is 3.62. The number of rotatable bonds is 8. The van der Waals surface area contributed by atoms with Gasteiger partial charge in [-0.05, 0) is 58.2 Å². The second kappa shape index (κ2) is 9.48. The number of nitrogens with zero attached hydrogens (tertiary/aromatic N) is 1. The highest BCUT2D eigenvalue weighted by Gasteiger charge is 2.20. The monoisotopic (exact) mass is 311 g/mol. The molecule has 3 N–H and O–H groups in total. The summed E-state index contributed by atoms with van der Waals surface area (Å²) in [5.41, 5.74) is 0. The van der Waals surface area contributed by atoms with Crippen molar-refractivity contribution in [2.75, 3.05) is 32.7 Å². The highest BCUT2D eigenvalue weighted by molar-refractivity contribution is 5.76. The first-order valence-electron chi connectivity index (χ1n) is 9.04. The van der Waals surface area contributed by atoms with Gasteiger partial charge in [-0.2, -0.15) is 0 Å². The molecule has 0 spiro atoms. The summed E-state index contributed by atoms with van der Waals surface area (Å²) in [6, 6.07) is 0.436. The van der Waals surface area contributed by atoms with Gasteiger partial charge in [-0.3, -0.25) is 4.79 Å². The normalized spacial score (nSPS) is 22.8. The number of carbonyl (C=O) groups is 1. The molecule has 0 radical (unpaired) electrons. The van der Waals surface area contributed by atoms with Gasteiger partial charge in [0.2, 0.25) is 5.91 Å². The lowest BCUT2D eigenvalue weighted by molar-refractivity contribution is -0.121. The van der Waals surface area contributed by atoms with Gasteiger partial charge in [0.15, 0.2) is 0 Å². The van der Waals surface area contributed by atoms with Crippen molar-refractivity contribution in [3.8, 4) is 0 Å². The van der Waals surface area contributed by atoms with Crippen molar-refractivity contribution < 1.29 is 9.90 Å². The number of carbonyl (C=O) groups excluding carboxylic acids is 1. The first-order chi connectivity index (χ1) is 10.6. The molecule has 1 atom stereocenters. The molecule has 2 fully saturated rings. The van der Waals surface area contributed by atoms with Crippen LogP contribution in [0.1, 0.15) is 51.9 Å². The largest absolute Gasteiger partial charge is 0.392 e. The minimum Gasteiger partial charge on any atom is -0.392 e. The van der Waals surface area contributed by atoms with Crippen LogP contribution in [0.4, 0.5) is 0 Å². The Morgan fingerprint density at radius 2 is 1.91 bits per heavy atom. The molecule has 2 aliphatic rings. The predicted molar refractivity (Wildman–Crippen MR) is 88.7 cm³/mol. The van der Waals surface area contributed by atoms with Crippen molar-refractivity contribution in [2.24, 2.45) is 5.92 Å². The summed E-state index contributed by atoms with van der Waals surface area (Å²) in [5, 5.41) is 16.0. The van der Waals surface area contributed by atoms with Crippen LogP contribution >= 0.6 is 0 Å². The zero-order valence-electron chi connectivity index (χ0n) is 14.0. The number of aliphatic hydroxyl groups is 1. The van der Waals surface area contributed by atoms with E-state index in [1.807, 2.05) is 6.92 Å². The molecular formula is C17H33N3O2. The van der Waals surface area contributed by atoms with E-state index in [1.165, 1.54) is 25.7 Å². The average Bonchev–Trinajstić information content (AvgIpc) is 2.97. The molecule has 5 heteroatoms. The minimum atomic E-state index is -0.229. The number of β-amino-alcohol motifs (C(OH)–C–C–N with tert-alkyl or cyclic N) is 1. The number of amides is 1. The van der Waals surface area contributed by atoms with Crippen LogP contribution in [0.5, 0.6) is 0 Å². The summed E-state index contributed by atoms with van der Waals surface area (Å²) in [6.45, 7) is 6.61. The van der Waals surface area contributed by atoms with Crippen molar-refractivity contribution >= 4 is 5.91 Å². The van der Waals surface area contributed by atoms with E-state index >= 15 is 0 Å². The summed E-state index contributed by atoms with van der Waals surface area (Å²) in [4.78, 5) is 14.2. The van der Waals surface area contributed by atoms with Crippen molar-refractivity contribution in [1.82, 2.24) is 15.5 Å². The lowest BCUT2D eigenvalue weighted by atomic mass is 9.96. The Bertz CT molecular complexity index is 322. The van der Waals surface area contributed by atoms with E-state index in [9.17, 15) is 9.90 Å². The molecule has 22 heavy (non-hydrogen) atoms. The Hall–Kier alpha value is -0.650. The van der Waals surface area contributed by atoms with Crippen molar-refractivity contribution in [2.45, 2.75) is 64.0 Å². The smallest absolute Gasteiger partial charge is 0.221 e. The van der Waals surface area contributed by atoms with Gasteiger partial charge in [-0.25, -0.2) is 0 Å². The van der Waals surface area contributed by atoms with E-state index in [0.717, 1.165) is 45.6 Å². The van der Waals surface area contributed by atoms with Crippen LogP contribution in [0, 0.1) is 5.92 Å². The third-order valence-corrected chi connectivity index (χ3v) is 4.91. The van der Waals surface area contributed by atoms with Gasteiger partial charge in [-0.15, -0.1) is 0 Å². The Kier molecular flexibility index (Phi) is 7.63. The Morgan fingerprint density at radius 3 is 2.55 bits per heavy atom. The van der Waals surface area contributed by atoms with E-state index in [4.69, 9.17) is 0 Å². The molecular weight excluding hydrogens is 278 g/mol. The standard InChI is InChI=1S/C17H33N3O2/c1-14(21)13-20-10-7-15(8-11-20)12-18-9-6-17(22)19-16-4-2-3-5-16/h14-16,18,21H,2-13H2,1H3,(H,19,22)/t14-/m0/s1. The third-order valence-electron chi connectivity index (χ3n) is 4.91. The molecule has 0 unspecified atom stereocenters. The number of hydrogen-bond donors (Lipinski definition) is 3. The van der Waals surface area contributed by atoms with Gasteiger partial charge >= 0.3 is 0 Å². The number of aliphatic hydroxyl groups excluding tert-OH is 1. The van der Waals surface area contributed by atoms with E-state index in [1.54, 1.807) is 0 Å². The summed E-state index contributed by atoms with van der Waals surface area (Å²) < 4.78 is 0. The van der Waals surface area contributed by atoms with E-state index in [-0.39, 0.29) is 12.0 Å². The molecule has 1 amide bonds. The molecule has 0 aromatic carbocycles. The molecule has 0 aromatic rings. The van der Waals surface area contributed by atoms with Crippen molar-refractivity contribution in [3.05, 3.63) is 0 Å². The molecule has 5 nitrogen and oxygen atoms in total. The third kappa shape index (κ3) is 6.63. The maximum Gasteiger partial charge on any atom is 0.221 e. The fourth-order valence-corrected chi connectivity index (χ4v) is 3.62. The van der Waals surface area contributed by atoms with Gasteiger partial charge in [0.1, 0.15) is 0 Å².